The fraction of sp³-hybridized carbons (Fsp3) is 0.385. The Morgan fingerprint density at radius 3 is 2.79 bits per heavy atom. The van der Waals surface area contributed by atoms with Crippen LogP contribution < -0.4 is 5.32 Å². The number of alkyl halides is 1. The van der Waals surface area contributed by atoms with Gasteiger partial charge in [0.1, 0.15) is 0 Å². The van der Waals surface area contributed by atoms with Crippen LogP contribution in [0.15, 0.2) is 12.1 Å². The Kier molecular flexibility index (Phi) is 4.48. The number of hydrogen-bond donors (Lipinski definition) is 1. The summed E-state index contributed by atoms with van der Waals surface area (Å²) >= 11 is 10.9. The van der Waals surface area contributed by atoms with Gasteiger partial charge in [-0.2, -0.15) is 0 Å². The van der Waals surface area contributed by atoms with Gasteiger partial charge in [0, 0.05) is 5.02 Å². The first-order chi connectivity index (χ1) is 8.88. The van der Waals surface area contributed by atoms with E-state index in [1.165, 1.54) is 11.3 Å². The number of carbonyl (C=O) groups is 1. The van der Waals surface area contributed by atoms with Crippen molar-refractivity contribution in [2.45, 2.75) is 25.6 Å². The lowest BCUT2D eigenvalue weighted by Crippen LogP contribution is -2.26. The van der Waals surface area contributed by atoms with Gasteiger partial charge in [-0.05, 0) is 30.5 Å². The third-order valence-corrected chi connectivity index (χ3v) is 5.55. The molecule has 1 amide bonds. The molecular formula is C13H14BrClN2OS. The van der Waals surface area contributed by atoms with Crippen molar-refractivity contribution in [3.05, 3.63) is 22.7 Å². The van der Waals surface area contributed by atoms with Gasteiger partial charge in [-0.3, -0.25) is 4.79 Å². The molecule has 1 aromatic heterocycles. The van der Waals surface area contributed by atoms with E-state index in [0.717, 1.165) is 15.8 Å². The number of halogens is 2. The highest BCUT2D eigenvalue weighted by Gasteiger charge is 2.19. The molecule has 2 rings (SSSR count). The van der Waals surface area contributed by atoms with Gasteiger partial charge in [-0.15, -0.1) is 0 Å². The van der Waals surface area contributed by atoms with Gasteiger partial charge in [0.25, 0.3) is 0 Å². The number of aryl methyl sites for hydroxylation is 1. The Hall–Kier alpha value is -0.650. The second kappa shape index (κ2) is 5.77. The van der Waals surface area contributed by atoms with Gasteiger partial charge >= 0.3 is 0 Å². The Labute approximate surface area is 129 Å². The molecule has 3 nitrogen and oxygen atoms in total. The van der Waals surface area contributed by atoms with E-state index in [2.05, 4.69) is 26.2 Å². The molecular weight excluding hydrogens is 348 g/mol. The molecule has 0 aliphatic heterocycles. The van der Waals surface area contributed by atoms with Crippen molar-refractivity contribution in [1.29, 1.82) is 0 Å². The fourth-order valence-electron chi connectivity index (χ4n) is 1.58. The molecule has 0 spiro atoms. The molecule has 102 valence electrons. The van der Waals surface area contributed by atoms with Crippen LogP contribution in [0.2, 0.25) is 5.02 Å². The summed E-state index contributed by atoms with van der Waals surface area (Å²) in [5.41, 5.74) is 1.82. The zero-order valence-electron chi connectivity index (χ0n) is 10.8. The highest BCUT2D eigenvalue weighted by molar-refractivity contribution is 9.10. The van der Waals surface area contributed by atoms with Gasteiger partial charge < -0.3 is 5.32 Å². The summed E-state index contributed by atoms with van der Waals surface area (Å²) in [6.45, 7) is 5.92. The Morgan fingerprint density at radius 2 is 2.16 bits per heavy atom. The van der Waals surface area contributed by atoms with Crippen molar-refractivity contribution >= 4 is 60.1 Å². The van der Waals surface area contributed by atoms with Crippen LogP contribution >= 0.6 is 38.9 Å². The van der Waals surface area contributed by atoms with E-state index in [4.69, 9.17) is 11.6 Å². The zero-order valence-corrected chi connectivity index (χ0v) is 14.0. The van der Waals surface area contributed by atoms with Crippen LogP contribution in [0, 0.1) is 12.8 Å². The first-order valence-electron chi connectivity index (χ1n) is 5.90. The minimum absolute atomic E-state index is 0.0723. The van der Waals surface area contributed by atoms with E-state index in [0.29, 0.717) is 10.2 Å². The summed E-state index contributed by atoms with van der Waals surface area (Å²) in [5, 5.41) is 4.12. The molecule has 0 bridgehead atoms. The minimum Gasteiger partial charge on any atom is -0.301 e. The normalized spacial score (nSPS) is 12.9. The molecule has 1 heterocycles. The van der Waals surface area contributed by atoms with Crippen LogP contribution in [0.25, 0.3) is 10.2 Å². The number of fused-ring (bicyclic) bond motifs is 1. The van der Waals surface area contributed by atoms with Gasteiger partial charge in [0.15, 0.2) is 5.13 Å². The van der Waals surface area contributed by atoms with Crippen LogP contribution in [0.5, 0.6) is 0 Å². The van der Waals surface area contributed by atoms with Crippen LogP contribution in [-0.2, 0) is 4.79 Å². The molecule has 0 unspecified atom stereocenters. The molecule has 0 fully saturated rings. The molecule has 0 aliphatic carbocycles. The standard InChI is InChI=1S/C13H14BrClN2OS/c1-6(2)11(14)12(18)17-13-16-9-5-8(15)7(3)4-10(9)19-13/h4-6,11H,1-3H3,(H,16,17,18)/t11-/m1/s1. The number of nitrogens with one attached hydrogen (secondary N) is 1. The summed E-state index contributed by atoms with van der Waals surface area (Å²) < 4.78 is 1.02. The third-order valence-electron chi connectivity index (χ3n) is 2.73. The number of aromatic nitrogens is 1. The van der Waals surface area contributed by atoms with Gasteiger partial charge in [0.05, 0.1) is 15.0 Å². The summed E-state index contributed by atoms with van der Waals surface area (Å²) in [4.78, 5) is 16.1. The first kappa shape index (κ1) is 14.8. The van der Waals surface area contributed by atoms with Crippen molar-refractivity contribution in [2.24, 2.45) is 5.92 Å². The molecule has 19 heavy (non-hydrogen) atoms. The van der Waals surface area contributed by atoms with Crippen molar-refractivity contribution in [1.82, 2.24) is 4.98 Å². The van der Waals surface area contributed by atoms with Crippen molar-refractivity contribution < 1.29 is 4.79 Å². The highest BCUT2D eigenvalue weighted by Crippen LogP contribution is 2.30. The Balaban J connectivity index is 2.25. The summed E-state index contributed by atoms with van der Waals surface area (Å²) in [6.07, 6.45) is 0. The van der Waals surface area contributed by atoms with E-state index in [1.54, 1.807) is 0 Å². The second-order valence-corrected chi connectivity index (χ2v) is 7.15. The maximum Gasteiger partial charge on any atom is 0.240 e. The fourth-order valence-corrected chi connectivity index (χ4v) is 2.80. The van der Waals surface area contributed by atoms with Gasteiger partial charge in [0.2, 0.25) is 5.91 Å². The van der Waals surface area contributed by atoms with Crippen LogP contribution in [0.4, 0.5) is 5.13 Å². The van der Waals surface area contributed by atoms with Gasteiger partial charge in [-0.1, -0.05) is 52.7 Å². The lowest BCUT2D eigenvalue weighted by molar-refractivity contribution is -0.116. The highest BCUT2D eigenvalue weighted by atomic mass is 79.9. The van der Waals surface area contributed by atoms with Gasteiger partial charge in [-0.25, -0.2) is 4.98 Å². The SMILES string of the molecule is Cc1cc2sc(NC(=O)[C@H](Br)C(C)C)nc2cc1Cl. The Morgan fingerprint density at radius 1 is 1.47 bits per heavy atom. The topological polar surface area (TPSA) is 42.0 Å². The van der Waals surface area contributed by atoms with E-state index in [-0.39, 0.29) is 16.7 Å². The smallest absolute Gasteiger partial charge is 0.240 e. The lowest BCUT2D eigenvalue weighted by Gasteiger charge is -2.11. The molecule has 0 aliphatic rings. The number of hydrogen-bond acceptors (Lipinski definition) is 3. The number of amides is 1. The number of benzene rings is 1. The monoisotopic (exact) mass is 360 g/mol. The number of nitrogens with zero attached hydrogens (tertiary/aromatic N) is 1. The predicted octanol–water partition coefficient (Wildman–Crippen LogP) is 4.62. The summed E-state index contributed by atoms with van der Waals surface area (Å²) in [5.74, 6) is 0.156. The lowest BCUT2D eigenvalue weighted by atomic mass is 10.1. The van der Waals surface area contributed by atoms with E-state index in [1.807, 2.05) is 32.9 Å². The Bertz CT molecular complexity index is 587. The molecule has 0 saturated heterocycles. The average molecular weight is 362 g/mol. The molecule has 0 saturated carbocycles. The number of rotatable bonds is 3. The van der Waals surface area contributed by atoms with Crippen molar-refractivity contribution in [3.63, 3.8) is 0 Å². The second-order valence-electron chi connectivity index (χ2n) is 4.72. The molecule has 0 radical (unpaired) electrons. The van der Waals surface area contributed by atoms with Crippen LogP contribution in [0.1, 0.15) is 19.4 Å². The van der Waals surface area contributed by atoms with Crippen LogP contribution in [-0.4, -0.2) is 15.7 Å². The average Bonchev–Trinajstić information content (AvgIpc) is 2.69. The minimum atomic E-state index is -0.218. The van der Waals surface area contributed by atoms with Crippen molar-refractivity contribution in [3.8, 4) is 0 Å². The maximum atomic E-state index is 11.9. The number of carbonyl (C=O) groups excluding carboxylic acids is 1. The van der Waals surface area contributed by atoms with E-state index >= 15 is 0 Å². The maximum absolute atomic E-state index is 11.9. The molecule has 1 atom stereocenters. The summed E-state index contributed by atoms with van der Waals surface area (Å²) in [6, 6.07) is 3.81. The molecule has 1 aromatic carbocycles. The predicted molar refractivity (Wildman–Crippen MR) is 85.5 cm³/mol. The molecule has 6 heteroatoms. The summed E-state index contributed by atoms with van der Waals surface area (Å²) in [7, 11) is 0. The largest absolute Gasteiger partial charge is 0.301 e. The first-order valence-corrected chi connectivity index (χ1v) is 8.01. The van der Waals surface area contributed by atoms with E-state index < -0.39 is 0 Å². The molecule has 1 N–H and O–H groups in total. The zero-order chi connectivity index (χ0) is 14.2. The quantitative estimate of drug-likeness (QED) is 0.811. The van der Waals surface area contributed by atoms with Crippen molar-refractivity contribution in [2.75, 3.05) is 5.32 Å². The third kappa shape index (κ3) is 3.27. The number of thiazole rings is 1. The van der Waals surface area contributed by atoms with E-state index in [9.17, 15) is 4.79 Å². The molecule has 2 aromatic rings. The van der Waals surface area contributed by atoms with Crippen LogP contribution in [0.3, 0.4) is 0 Å². The number of anilines is 1.